The third kappa shape index (κ3) is 3.96. The average molecular weight is 353 g/mol. The SMILES string of the molecule is O=C(CCC1CCNC1)Nc1cccc(-c2ccc3c(c2)OCCO3)n1. The number of hydrogen-bond donors (Lipinski definition) is 2. The third-order valence-corrected chi connectivity index (χ3v) is 4.80. The summed E-state index contributed by atoms with van der Waals surface area (Å²) in [5, 5.41) is 6.24. The van der Waals surface area contributed by atoms with E-state index < -0.39 is 0 Å². The summed E-state index contributed by atoms with van der Waals surface area (Å²) in [6, 6.07) is 11.4. The van der Waals surface area contributed by atoms with E-state index in [0.717, 1.165) is 48.7 Å². The van der Waals surface area contributed by atoms with Gasteiger partial charge in [-0.25, -0.2) is 4.98 Å². The molecule has 1 atom stereocenters. The van der Waals surface area contributed by atoms with Crippen molar-refractivity contribution in [3.05, 3.63) is 36.4 Å². The van der Waals surface area contributed by atoms with Gasteiger partial charge in [-0.3, -0.25) is 4.79 Å². The lowest BCUT2D eigenvalue weighted by Crippen LogP contribution is -2.16. The Labute approximate surface area is 152 Å². The van der Waals surface area contributed by atoms with Crippen molar-refractivity contribution in [2.75, 3.05) is 31.6 Å². The highest BCUT2D eigenvalue weighted by atomic mass is 16.6. The summed E-state index contributed by atoms with van der Waals surface area (Å²) in [6.45, 7) is 3.20. The van der Waals surface area contributed by atoms with Crippen LogP contribution < -0.4 is 20.1 Å². The number of ether oxygens (including phenoxy) is 2. The number of anilines is 1. The molecule has 136 valence electrons. The van der Waals surface area contributed by atoms with Gasteiger partial charge >= 0.3 is 0 Å². The summed E-state index contributed by atoms with van der Waals surface area (Å²) in [4.78, 5) is 16.8. The van der Waals surface area contributed by atoms with Crippen molar-refractivity contribution in [1.29, 1.82) is 0 Å². The maximum absolute atomic E-state index is 12.2. The van der Waals surface area contributed by atoms with E-state index in [2.05, 4.69) is 15.6 Å². The van der Waals surface area contributed by atoms with Crippen LogP contribution in [0.5, 0.6) is 11.5 Å². The number of fused-ring (bicyclic) bond motifs is 1. The Morgan fingerprint density at radius 3 is 2.92 bits per heavy atom. The van der Waals surface area contributed by atoms with E-state index in [0.29, 0.717) is 31.4 Å². The summed E-state index contributed by atoms with van der Waals surface area (Å²) in [7, 11) is 0. The van der Waals surface area contributed by atoms with E-state index in [1.807, 2.05) is 36.4 Å². The Kier molecular flexibility index (Phi) is 5.02. The first kappa shape index (κ1) is 16.8. The minimum absolute atomic E-state index is 0.0173. The maximum Gasteiger partial charge on any atom is 0.225 e. The van der Waals surface area contributed by atoms with Crippen LogP contribution in [0.3, 0.4) is 0 Å². The van der Waals surface area contributed by atoms with Gasteiger partial charge in [0, 0.05) is 12.0 Å². The smallest absolute Gasteiger partial charge is 0.225 e. The lowest BCUT2D eigenvalue weighted by atomic mass is 10.0. The number of aromatic nitrogens is 1. The molecule has 1 aromatic carbocycles. The fourth-order valence-corrected chi connectivity index (χ4v) is 3.37. The number of benzene rings is 1. The zero-order chi connectivity index (χ0) is 17.8. The molecule has 2 aromatic rings. The number of rotatable bonds is 5. The molecule has 2 aliphatic heterocycles. The summed E-state index contributed by atoms with van der Waals surface area (Å²) in [5.74, 6) is 2.69. The van der Waals surface area contributed by atoms with Crippen LogP contribution in [0.1, 0.15) is 19.3 Å². The van der Waals surface area contributed by atoms with Gasteiger partial charge in [-0.05, 0) is 62.2 Å². The Hall–Kier alpha value is -2.60. The fourth-order valence-electron chi connectivity index (χ4n) is 3.37. The molecule has 1 unspecified atom stereocenters. The predicted octanol–water partition coefficient (Wildman–Crippen LogP) is 2.85. The molecule has 1 aromatic heterocycles. The van der Waals surface area contributed by atoms with Gasteiger partial charge in [0.1, 0.15) is 19.0 Å². The molecule has 0 aliphatic carbocycles. The van der Waals surface area contributed by atoms with Gasteiger partial charge in [-0.15, -0.1) is 0 Å². The Morgan fingerprint density at radius 2 is 2.08 bits per heavy atom. The molecule has 6 nitrogen and oxygen atoms in total. The number of carbonyl (C=O) groups excluding carboxylic acids is 1. The van der Waals surface area contributed by atoms with E-state index in [1.165, 1.54) is 0 Å². The van der Waals surface area contributed by atoms with Crippen molar-refractivity contribution in [2.45, 2.75) is 19.3 Å². The van der Waals surface area contributed by atoms with Crippen molar-refractivity contribution >= 4 is 11.7 Å². The standard InChI is InChI=1S/C20H23N3O3/c24-20(7-4-14-8-9-21-13-14)23-19-3-1-2-16(22-19)15-5-6-17-18(12-15)26-11-10-25-17/h1-3,5-6,12,14,21H,4,7-11,13H2,(H,22,23,24). The largest absolute Gasteiger partial charge is 0.486 e. The highest BCUT2D eigenvalue weighted by Crippen LogP contribution is 2.34. The normalized spacial score (nSPS) is 18.5. The zero-order valence-electron chi connectivity index (χ0n) is 14.7. The zero-order valence-corrected chi connectivity index (χ0v) is 14.7. The van der Waals surface area contributed by atoms with Gasteiger partial charge in [-0.1, -0.05) is 6.07 Å². The average Bonchev–Trinajstić information content (AvgIpc) is 3.20. The number of carbonyl (C=O) groups is 1. The number of hydrogen-bond acceptors (Lipinski definition) is 5. The van der Waals surface area contributed by atoms with Crippen LogP contribution in [-0.2, 0) is 4.79 Å². The highest BCUT2D eigenvalue weighted by Gasteiger charge is 2.16. The minimum atomic E-state index is 0.0173. The topological polar surface area (TPSA) is 72.5 Å². The molecule has 0 bridgehead atoms. The first-order valence-electron chi connectivity index (χ1n) is 9.15. The van der Waals surface area contributed by atoms with Crippen molar-refractivity contribution < 1.29 is 14.3 Å². The van der Waals surface area contributed by atoms with Crippen molar-refractivity contribution in [3.8, 4) is 22.8 Å². The number of amides is 1. The number of nitrogens with one attached hydrogen (secondary N) is 2. The second-order valence-electron chi connectivity index (χ2n) is 6.71. The number of nitrogens with zero attached hydrogens (tertiary/aromatic N) is 1. The third-order valence-electron chi connectivity index (χ3n) is 4.80. The molecule has 2 N–H and O–H groups in total. The summed E-state index contributed by atoms with van der Waals surface area (Å²) >= 11 is 0. The van der Waals surface area contributed by atoms with E-state index >= 15 is 0 Å². The fraction of sp³-hybridized carbons (Fsp3) is 0.400. The van der Waals surface area contributed by atoms with Crippen molar-refractivity contribution in [2.24, 2.45) is 5.92 Å². The van der Waals surface area contributed by atoms with E-state index in [-0.39, 0.29) is 5.91 Å². The molecule has 3 heterocycles. The first-order valence-corrected chi connectivity index (χ1v) is 9.15. The molecule has 1 amide bonds. The van der Waals surface area contributed by atoms with Gasteiger partial charge < -0.3 is 20.1 Å². The monoisotopic (exact) mass is 353 g/mol. The summed E-state index contributed by atoms with van der Waals surface area (Å²) < 4.78 is 11.2. The van der Waals surface area contributed by atoms with Crippen molar-refractivity contribution in [3.63, 3.8) is 0 Å². The summed E-state index contributed by atoms with van der Waals surface area (Å²) in [6.07, 6.45) is 2.61. The van der Waals surface area contributed by atoms with E-state index in [1.54, 1.807) is 0 Å². The van der Waals surface area contributed by atoms with Gasteiger partial charge in [0.05, 0.1) is 5.69 Å². The Balaban J connectivity index is 1.42. The van der Waals surface area contributed by atoms with Crippen LogP contribution in [0.25, 0.3) is 11.3 Å². The van der Waals surface area contributed by atoms with Crippen LogP contribution in [0.15, 0.2) is 36.4 Å². The lowest BCUT2D eigenvalue weighted by Gasteiger charge is -2.18. The second-order valence-corrected chi connectivity index (χ2v) is 6.71. The molecule has 2 aliphatic rings. The molecule has 1 saturated heterocycles. The Bertz CT molecular complexity index is 788. The van der Waals surface area contributed by atoms with Gasteiger partial charge in [-0.2, -0.15) is 0 Å². The molecule has 0 saturated carbocycles. The number of pyridine rings is 1. The lowest BCUT2D eigenvalue weighted by molar-refractivity contribution is -0.116. The van der Waals surface area contributed by atoms with Crippen LogP contribution in [0, 0.1) is 5.92 Å². The van der Waals surface area contributed by atoms with E-state index in [4.69, 9.17) is 9.47 Å². The molecule has 4 rings (SSSR count). The minimum Gasteiger partial charge on any atom is -0.486 e. The molecule has 26 heavy (non-hydrogen) atoms. The van der Waals surface area contributed by atoms with E-state index in [9.17, 15) is 4.79 Å². The second kappa shape index (κ2) is 7.74. The molecule has 0 spiro atoms. The Morgan fingerprint density at radius 1 is 1.19 bits per heavy atom. The molecule has 0 radical (unpaired) electrons. The van der Waals surface area contributed by atoms with Crippen LogP contribution >= 0.6 is 0 Å². The molecule has 1 fully saturated rings. The molecular formula is C20H23N3O3. The predicted molar refractivity (Wildman–Crippen MR) is 99.5 cm³/mol. The summed E-state index contributed by atoms with van der Waals surface area (Å²) in [5.41, 5.74) is 1.72. The molecular weight excluding hydrogens is 330 g/mol. The van der Waals surface area contributed by atoms with Crippen molar-refractivity contribution in [1.82, 2.24) is 10.3 Å². The van der Waals surface area contributed by atoms with Crippen LogP contribution in [-0.4, -0.2) is 37.2 Å². The van der Waals surface area contributed by atoms with Crippen LogP contribution in [0.4, 0.5) is 5.82 Å². The maximum atomic E-state index is 12.2. The highest BCUT2D eigenvalue weighted by molar-refractivity contribution is 5.90. The van der Waals surface area contributed by atoms with Gasteiger partial charge in [0.2, 0.25) is 5.91 Å². The first-order chi connectivity index (χ1) is 12.8. The molecule has 6 heteroatoms. The van der Waals surface area contributed by atoms with Crippen LogP contribution in [0.2, 0.25) is 0 Å². The van der Waals surface area contributed by atoms with Gasteiger partial charge in [0.15, 0.2) is 11.5 Å². The van der Waals surface area contributed by atoms with Gasteiger partial charge in [0.25, 0.3) is 0 Å². The quantitative estimate of drug-likeness (QED) is 0.865.